The standard InChI is InChI=1S/C54H53F3N10O7S/c1-64-49-38(47(63-64)39-17-20-46(68)61-51(39)70)16-19-45(60-49)66-25-23-65(24-26-66)27-28-73-32-9-11-33(12-10-32)74-34-13-14-35(41(29-34)54(55,56)57)36-15-18-44(59-48(36)52(71)72)67-22-21-31-5-4-6-37(40(31)30-67)50(69)62-53-58-42-7-2-3-8-43(42)75-53/h2-8,13-16,18-19,29,32-33,39H,9-12,17,20-28,30H2,1H3,(H,71,72)(H,58,62,69)(H,61,68,70). The van der Waals surface area contributed by atoms with Crippen LogP contribution in [0.5, 0.6) is 5.75 Å². The van der Waals surface area contributed by atoms with E-state index in [1.807, 2.05) is 53.4 Å². The lowest BCUT2D eigenvalue weighted by atomic mass is 9.93. The molecule has 21 heteroatoms. The van der Waals surface area contributed by atoms with Crippen molar-refractivity contribution in [2.75, 3.05) is 61.0 Å². The minimum absolute atomic E-state index is 0.000468. The van der Waals surface area contributed by atoms with Crippen molar-refractivity contribution in [2.45, 2.75) is 75.8 Å². The molecule has 3 N–H and O–H groups in total. The van der Waals surface area contributed by atoms with E-state index >= 15 is 0 Å². The van der Waals surface area contributed by atoms with Gasteiger partial charge >= 0.3 is 12.1 Å². The van der Waals surface area contributed by atoms with Gasteiger partial charge in [0, 0.05) is 75.8 Å². The number of fused-ring (bicyclic) bond motifs is 3. The van der Waals surface area contributed by atoms with E-state index < -0.39 is 29.3 Å². The van der Waals surface area contributed by atoms with Crippen LogP contribution >= 0.6 is 11.3 Å². The van der Waals surface area contributed by atoms with Crippen molar-refractivity contribution in [2.24, 2.45) is 7.05 Å². The first-order chi connectivity index (χ1) is 36.2. The van der Waals surface area contributed by atoms with Crippen LogP contribution in [0.15, 0.2) is 84.9 Å². The molecule has 0 spiro atoms. The van der Waals surface area contributed by atoms with Crippen molar-refractivity contribution in [3.05, 3.63) is 119 Å². The molecular weight excluding hydrogens is 990 g/mol. The summed E-state index contributed by atoms with van der Waals surface area (Å²) in [7, 11) is 1.81. The molecule has 17 nitrogen and oxygen atoms in total. The Bertz CT molecular complexity index is 3320. The van der Waals surface area contributed by atoms with Crippen LogP contribution < -0.4 is 25.2 Å². The molecule has 0 bridgehead atoms. The summed E-state index contributed by atoms with van der Waals surface area (Å²) in [4.78, 5) is 70.9. The van der Waals surface area contributed by atoms with Gasteiger partial charge in [0.2, 0.25) is 11.8 Å². The van der Waals surface area contributed by atoms with Gasteiger partial charge in [0.15, 0.2) is 16.5 Å². The van der Waals surface area contributed by atoms with Crippen molar-refractivity contribution in [1.29, 1.82) is 0 Å². The van der Waals surface area contributed by atoms with Gasteiger partial charge in [-0.1, -0.05) is 41.7 Å². The molecule has 4 aromatic heterocycles. The van der Waals surface area contributed by atoms with Crippen LogP contribution in [-0.2, 0) is 40.5 Å². The fourth-order valence-electron chi connectivity index (χ4n) is 10.7. The smallest absolute Gasteiger partial charge is 0.417 e. The summed E-state index contributed by atoms with van der Waals surface area (Å²) in [6.07, 6.45) is -1.36. The average molecular weight is 1040 g/mol. The number of rotatable bonds is 13. The van der Waals surface area contributed by atoms with Crippen molar-refractivity contribution < 1.29 is 46.9 Å². The number of imide groups is 1. The van der Waals surface area contributed by atoms with Crippen LogP contribution in [0.3, 0.4) is 0 Å². The van der Waals surface area contributed by atoms with Crippen LogP contribution in [0.25, 0.3) is 32.4 Å². The number of nitrogens with one attached hydrogen (secondary N) is 2. The molecule has 3 fully saturated rings. The number of alkyl halides is 3. The molecule has 388 valence electrons. The molecule has 1 atom stereocenters. The van der Waals surface area contributed by atoms with E-state index in [1.165, 1.54) is 35.6 Å². The zero-order valence-corrected chi connectivity index (χ0v) is 41.8. The first-order valence-electron chi connectivity index (χ1n) is 25.1. The number of halogens is 3. The van der Waals surface area contributed by atoms with E-state index in [2.05, 4.69) is 35.5 Å². The number of para-hydroxylation sites is 1. The molecule has 4 aliphatic rings. The van der Waals surface area contributed by atoms with Crippen LogP contribution in [0.1, 0.15) is 87.7 Å². The minimum Gasteiger partial charge on any atom is -0.490 e. The number of aromatic nitrogens is 5. The zero-order valence-electron chi connectivity index (χ0n) is 40.9. The lowest BCUT2D eigenvalue weighted by molar-refractivity contribution is -0.137. The van der Waals surface area contributed by atoms with Gasteiger partial charge in [-0.3, -0.25) is 34.6 Å². The normalized spacial score (nSPS) is 19.5. The molecule has 11 rings (SSSR count). The number of benzene rings is 3. The maximum Gasteiger partial charge on any atom is 0.417 e. The number of carbonyl (C=O) groups is 4. The molecule has 3 aromatic carbocycles. The summed E-state index contributed by atoms with van der Waals surface area (Å²) in [5.74, 6) is -1.78. The first kappa shape index (κ1) is 49.7. The highest BCUT2D eigenvalue weighted by atomic mass is 32.1. The third-order valence-corrected chi connectivity index (χ3v) is 15.6. The van der Waals surface area contributed by atoms with Gasteiger partial charge in [0.05, 0.1) is 46.2 Å². The number of piperidine rings is 1. The lowest BCUT2D eigenvalue weighted by Gasteiger charge is -2.36. The van der Waals surface area contributed by atoms with Crippen molar-refractivity contribution >= 4 is 73.0 Å². The quantitative estimate of drug-likeness (QED) is 0.0934. The maximum atomic E-state index is 14.9. The molecule has 1 unspecified atom stereocenters. The number of nitrogens with zero attached hydrogens (tertiary/aromatic N) is 8. The third kappa shape index (κ3) is 10.5. The minimum atomic E-state index is -4.84. The number of anilines is 3. The number of carboxylic acid groups (broad SMARTS) is 1. The topological polar surface area (TPSA) is 197 Å². The number of ether oxygens (including phenoxy) is 2. The second-order valence-electron chi connectivity index (χ2n) is 19.4. The summed E-state index contributed by atoms with van der Waals surface area (Å²) in [6, 6.07) is 23.5. The SMILES string of the molecule is Cn1nc(C2CCC(=O)NC2=O)c2ccc(N3CCN(CCOC4CCC(Oc5ccc(-c6ccc(N7CCc8cccc(C(=O)Nc9nc%10ccccc%10s9)c8C7)nc6C(=O)O)c(C(F)(F)F)c5)CC4)CC3)nc21. The largest absolute Gasteiger partial charge is 0.490 e. The number of piperazine rings is 1. The maximum absolute atomic E-state index is 14.9. The molecule has 75 heavy (non-hydrogen) atoms. The Kier molecular flexibility index (Phi) is 13.7. The number of carbonyl (C=O) groups excluding carboxylic acids is 3. The van der Waals surface area contributed by atoms with E-state index in [9.17, 15) is 37.5 Å². The first-order valence-corrected chi connectivity index (χ1v) is 26.0. The highest BCUT2D eigenvalue weighted by molar-refractivity contribution is 7.22. The summed E-state index contributed by atoms with van der Waals surface area (Å²) in [6.45, 7) is 5.14. The number of aromatic carboxylic acids is 1. The van der Waals surface area contributed by atoms with Gasteiger partial charge in [-0.2, -0.15) is 18.3 Å². The Morgan fingerprint density at radius 2 is 1.59 bits per heavy atom. The Labute approximate surface area is 432 Å². The highest BCUT2D eigenvalue weighted by Gasteiger charge is 2.37. The lowest BCUT2D eigenvalue weighted by Crippen LogP contribution is -2.47. The zero-order chi connectivity index (χ0) is 52.0. The number of hydrogen-bond donors (Lipinski definition) is 3. The molecule has 2 saturated heterocycles. The second kappa shape index (κ2) is 20.7. The highest BCUT2D eigenvalue weighted by Crippen LogP contribution is 2.42. The molecule has 3 aliphatic heterocycles. The molecular formula is C54H53F3N10O7S. The van der Waals surface area contributed by atoms with Gasteiger partial charge in [-0.25, -0.2) is 19.7 Å². The predicted molar refractivity (Wildman–Crippen MR) is 275 cm³/mol. The molecule has 1 saturated carbocycles. The number of aryl methyl sites for hydroxylation is 1. The Balaban J connectivity index is 0.677. The predicted octanol–water partition coefficient (Wildman–Crippen LogP) is 8.22. The number of thiazole rings is 1. The fourth-order valence-corrected chi connectivity index (χ4v) is 11.6. The molecule has 3 amide bonds. The number of carboxylic acids is 1. The van der Waals surface area contributed by atoms with Crippen molar-refractivity contribution in [3.63, 3.8) is 0 Å². The van der Waals surface area contributed by atoms with E-state index in [0.717, 1.165) is 71.3 Å². The van der Waals surface area contributed by atoms with Gasteiger partial charge in [-0.05, 0) is 110 Å². The van der Waals surface area contributed by atoms with E-state index in [0.29, 0.717) is 73.7 Å². The second-order valence-corrected chi connectivity index (χ2v) is 20.4. The van der Waals surface area contributed by atoms with Gasteiger partial charge in [0.25, 0.3) is 5.91 Å². The van der Waals surface area contributed by atoms with Gasteiger partial charge in [-0.15, -0.1) is 0 Å². The van der Waals surface area contributed by atoms with Crippen LogP contribution in [0, 0.1) is 0 Å². The summed E-state index contributed by atoms with van der Waals surface area (Å²) >= 11 is 1.36. The summed E-state index contributed by atoms with van der Waals surface area (Å²) in [5.41, 5.74) is 2.16. The van der Waals surface area contributed by atoms with Crippen molar-refractivity contribution in [3.8, 4) is 16.9 Å². The third-order valence-electron chi connectivity index (χ3n) is 14.7. The van der Waals surface area contributed by atoms with Crippen LogP contribution in [0.4, 0.5) is 29.9 Å². The fraction of sp³-hybridized carbons (Fsp3) is 0.370. The Morgan fingerprint density at radius 3 is 2.36 bits per heavy atom. The average Bonchev–Trinajstić information content (AvgIpc) is 3.98. The van der Waals surface area contributed by atoms with E-state index in [-0.39, 0.29) is 65.6 Å². The number of amides is 3. The monoisotopic (exact) mass is 1040 g/mol. The Morgan fingerprint density at radius 1 is 0.827 bits per heavy atom. The van der Waals surface area contributed by atoms with Crippen LogP contribution in [0.2, 0.25) is 0 Å². The summed E-state index contributed by atoms with van der Waals surface area (Å²) in [5, 5.41) is 21.6. The number of pyridine rings is 2. The number of hydrogen-bond acceptors (Lipinski definition) is 14. The molecule has 7 heterocycles. The van der Waals surface area contributed by atoms with Crippen molar-refractivity contribution in [1.82, 2.24) is 34.9 Å². The molecule has 1 aliphatic carbocycles. The summed E-state index contributed by atoms with van der Waals surface area (Å²) < 4.78 is 59.6. The van der Waals surface area contributed by atoms with Gasteiger partial charge < -0.3 is 24.4 Å². The Hall–Kier alpha value is -7.49. The molecule has 0 radical (unpaired) electrons. The van der Waals surface area contributed by atoms with Crippen LogP contribution in [-0.4, -0.2) is 117 Å². The van der Waals surface area contributed by atoms with Gasteiger partial charge in [0.1, 0.15) is 17.4 Å². The van der Waals surface area contributed by atoms with E-state index in [4.69, 9.17) is 14.5 Å². The molecule has 7 aromatic rings. The van der Waals surface area contributed by atoms with E-state index in [1.54, 1.807) is 17.8 Å².